The van der Waals surface area contributed by atoms with Gasteiger partial charge in [0, 0.05) is 52.1 Å². The number of para-hydroxylation sites is 1. The Labute approximate surface area is 180 Å². The second-order valence-corrected chi connectivity index (χ2v) is 7.89. The van der Waals surface area contributed by atoms with Crippen LogP contribution in [0.5, 0.6) is 0 Å². The highest BCUT2D eigenvalue weighted by molar-refractivity contribution is 5.85. The first-order chi connectivity index (χ1) is 14.6. The molecule has 1 fully saturated rings. The first kappa shape index (κ1) is 22.3. The largest absolute Gasteiger partial charge is 0.382 e. The summed E-state index contributed by atoms with van der Waals surface area (Å²) in [4.78, 5) is 14.1. The number of rotatable bonds is 9. The van der Waals surface area contributed by atoms with Gasteiger partial charge in [0.05, 0.1) is 31.9 Å². The molecule has 1 aromatic heterocycles. The van der Waals surface area contributed by atoms with Crippen molar-refractivity contribution in [3.8, 4) is 0 Å². The van der Waals surface area contributed by atoms with Crippen LogP contribution in [-0.2, 0) is 16.0 Å². The minimum Gasteiger partial charge on any atom is -0.382 e. The molecule has 2 aromatic rings. The Bertz CT molecular complexity index is 839. The van der Waals surface area contributed by atoms with Crippen LogP contribution < -0.4 is 10.2 Å². The molecule has 1 atom stereocenters. The van der Waals surface area contributed by atoms with Crippen molar-refractivity contribution >= 4 is 22.7 Å². The highest BCUT2D eigenvalue weighted by atomic mass is 16.5. The molecule has 0 amide bonds. The van der Waals surface area contributed by atoms with E-state index in [1.807, 2.05) is 25.1 Å². The van der Waals surface area contributed by atoms with Crippen molar-refractivity contribution in [2.24, 2.45) is 10.9 Å². The van der Waals surface area contributed by atoms with E-state index < -0.39 is 0 Å². The molecule has 0 spiro atoms. The van der Waals surface area contributed by atoms with Gasteiger partial charge >= 0.3 is 0 Å². The number of ether oxygens (including phenoxy) is 2. The number of pyridine rings is 1. The number of anilines is 1. The number of nitrogens with zero attached hydrogens (tertiary/aromatic N) is 4. The first-order valence-corrected chi connectivity index (χ1v) is 10.8. The lowest BCUT2D eigenvalue weighted by atomic mass is 10.1. The summed E-state index contributed by atoms with van der Waals surface area (Å²) < 4.78 is 10.8. The average Bonchev–Trinajstić information content (AvgIpc) is 3.22. The molecule has 1 N–H and O–H groups in total. The van der Waals surface area contributed by atoms with Crippen LogP contribution in [0.15, 0.2) is 35.3 Å². The van der Waals surface area contributed by atoms with Gasteiger partial charge in [-0.05, 0) is 31.0 Å². The number of nitrogens with one attached hydrogen (secondary N) is 1. The maximum Gasteiger partial charge on any atom is 0.194 e. The minimum atomic E-state index is 0.535. The summed E-state index contributed by atoms with van der Waals surface area (Å²) in [7, 11) is 5.74. The molecule has 3 rings (SSSR count). The summed E-state index contributed by atoms with van der Waals surface area (Å²) in [6.07, 6.45) is 1.13. The van der Waals surface area contributed by atoms with Crippen LogP contribution in [0.25, 0.3) is 10.9 Å². The van der Waals surface area contributed by atoms with Gasteiger partial charge < -0.3 is 24.6 Å². The molecule has 1 unspecified atom stereocenters. The van der Waals surface area contributed by atoms with Crippen molar-refractivity contribution < 1.29 is 9.47 Å². The van der Waals surface area contributed by atoms with Gasteiger partial charge in [-0.25, -0.2) is 9.98 Å². The van der Waals surface area contributed by atoms with Crippen LogP contribution in [0.3, 0.4) is 0 Å². The van der Waals surface area contributed by atoms with Crippen LogP contribution in [0, 0.1) is 5.92 Å². The van der Waals surface area contributed by atoms with Gasteiger partial charge in [-0.15, -0.1) is 0 Å². The molecule has 1 aromatic carbocycles. The fraction of sp³-hybridized carbons (Fsp3) is 0.565. The lowest BCUT2D eigenvalue weighted by Crippen LogP contribution is -2.40. The Balaban J connectivity index is 1.72. The van der Waals surface area contributed by atoms with Crippen molar-refractivity contribution in [3.05, 3.63) is 35.9 Å². The average molecular weight is 414 g/mol. The van der Waals surface area contributed by atoms with E-state index in [4.69, 9.17) is 19.5 Å². The fourth-order valence-electron chi connectivity index (χ4n) is 3.73. The van der Waals surface area contributed by atoms with Gasteiger partial charge in [-0.3, -0.25) is 0 Å². The number of hydrogen-bond donors (Lipinski definition) is 1. The second kappa shape index (κ2) is 11.1. The van der Waals surface area contributed by atoms with Gasteiger partial charge in [-0.2, -0.15) is 0 Å². The summed E-state index contributed by atoms with van der Waals surface area (Å²) in [5.74, 6) is 2.47. The molecule has 0 bridgehead atoms. The second-order valence-electron chi connectivity index (χ2n) is 7.89. The molecule has 0 radical (unpaired) electrons. The summed E-state index contributed by atoms with van der Waals surface area (Å²) in [5.41, 5.74) is 2.20. The van der Waals surface area contributed by atoms with E-state index in [0.717, 1.165) is 55.3 Å². The summed E-state index contributed by atoms with van der Waals surface area (Å²) >= 11 is 0. The predicted octanol–water partition coefficient (Wildman–Crippen LogP) is 2.75. The molecule has 0 saturated carbocycles. The minimum absolute atomic E-state index is 0.535. The molecule has 164 valence electrons. The quantitative estimate of drug-likeness (QED) is 0.388. The lowest BCUT2D eigenvalue weighted by Gasteiger charge is -2.22. The Kier molecular flexibility index (Phi) is 8.28. The molecule has 2 heterocycles. The number of methoxy groups -OCH3 is 1. The van der Waals surface area contributed by atoms with E-state index in [2.05, 4.69) is 41.4 Å². The maximum absolute atomic E-state index is 5.74. The summed E-state index contributed by atoms with van der Waals surface area (Å²) in [5, 5.41) is 4.63. The zero-order chi connectivity index (χ0) is 21.3. The van der Waals surface area contributed by atoms with E-state index in [1.165, 1.54) is 5.56 Å². The van der Waals surface area contributed by atoms with E-state index in [1.54, 1.807) is 7.11 Å². The lowest BCUT2D eigenvalue weighted by molar-refractivity contribution is 0.0536. The zero-order valence-corrected chi connectivity index (χ0v) is 18.7. The Morgan fingerprint density at radius 2 is 2.13 bits per heavy atom. The Hall–Kier alpha value is -2.38. The third-order valence-corrected chi connectivity index (χ3v) is 5.35. The van der Waals surface area contributed by atoms with Gasteiger partial charge in [0.1, 0.15) is 5.82 Å². The standard InChI is InChI=1S/C23H35N5O2/c1-5-24-23(28-11-10-18(16-28)17-30-13-12-29-4)25-15-19-14-22(27(2)3)26-21-9-7-6-8-20(19)21/h6-9,14,18H,5,10-13,15-17H2,1-4H3,(H,24,25). The SMILES string of the molecule is CCNC(=NCc1cc(N(C)C)nc2ccccc12)N1CCC(COCCOC)C1. The van der Waals surface area contributed by atoms with Crippen LogP contribution >= 0.6 is 0 Å². The smallest absolute Gasteiger partial charge is 0.194 e. The summed E-state index contributed by atoms with van der Waals surface area (Å²) in [6.45, 7) is 7.65. The maximum atomic E-state index is 5.74. The van der Waals surface area contributed by atoms with Crippen LogP contribution in [-0.4, -0.2) is 76.5 Å². The van der Waals surface area contributed by atoms with Crippen molar-refractivity contribution in [1.29, 1.82) is 0 Å². The normalized spacial score (nSPS) is 17.0. The first-order valence-electron chi connectivity index (χ1n) is 10.8. The summed E-state index contributed by atoms with van der Waals surface area (Å²) in [6, 6.07) is 10.4. The molecule has 30 heavy (non-hydrogen) atoms. The third kappa shape index (κ3) is 5.83. The van der Waals surface area contributed by atoms with Gasteiger partial charge in [0.2, 0.25) is 0 Å². The molecule has 7 heteroatoms. The van der Waals surface area contributed by atoms with Gasteiger partial charge in [0.15, 0.2) is 5.96 Å². The number of fused-ring (bicyclic) bond motifs is 1. The number of likely N-dealkylation sites (tertiary alicyclic amines) is 1. The van der Waals surface area contributed by atoms with Crippen molar-refractivity contribution in [2.45, 2.75) is 19.9 Å². The van der Waals surface area contributed by atoms with Gasteiger partial charge in [-0.1, -0.05) is 18.2 Å². The topological polar surface area (TPSA) is 62.2 Å². The molecule has 7 nitrogen and oxygen atoms in total. The van der Waals surface area contributed by atoms with Crippen LogP contribution in [0.1, 0.15) is 18.9 Å². The molecule has 1 aliphatic rings. The van der Waals surface area contributed by atoms with E-state index >= 15 is 0 Å². The van der Waals surface area contributed by atoms with Crippen molar-refractivity contribution in [1.82, 2.24) is 15.2 Å². The monoisotopic (exact) mass is 413 g/mol. The van der Waals surface area contributed by atoms with Crippen molar-refractivity contribution in [2.75, 3.05) is 65.6 Å². The van der Waals surface area contributed by atoms with Crippen molar-refractivity contribution in [3.63, 3.8) is 0 Å². The molecule has 1 saturated heterocycles. The molecule has 0 aliphatic carbocycles. The van der Waals surface area contributed by atoms with E-state index in [0.29, 0.717) is 25.7 Å². The van der Waals surface area contributed by atoms with E-state index in [9.17, 15) is 0 Å². The molecular weight excluding hydrogens is 378 g/mol. The van der Waals surface area contributed by atoms with Gasteiger partial charge in [0.25, 0.3) is 0 Å². The number of guanidine groups is 1. The third-order valence-electron chi connectivity index (χ3n) is 5.35. The number of aromatic nitrogens is 1. The highest BCUT2D eigenvalue weighted by Gasteiger charge is 2.25. The Morgan fingerprint density at radius 3 is 2.90 bits per heavy atom. The van der Waals surface area contributed by atoms with Crippen LogP contribution in [0.4, 0.5) is 5.82 Å². The Morgan fingerprint density at radius 1 is 1.30 bits per heavy atom. The van der Waals surface area contributed by atoms with Crippen LogP contribution in [0.2, 0.25) is 0 Å². The zero-order valence-electron chi connectivity index (χ0n) is 18.7. The number of benzene rings is 1. The highest BCUT2D eigenvalue weighted by Crippen LogP contribution is 2.23. The molecule has 1 aliphatic heterocycles. The fourth-order valence-corrected chi connectivity index (χ4v) is 3.73. The number of hydrogen-bond acceptors (Lipinski definition) is 5. The molecular formula is C23H35N5O2. The number of aliphatic imine (C=N–C) groups is 1. The predicted molar refractivity (Wildman–Crippen MR) is 123 cm³/mol. The van der Waals surface area contributed by atoms with E-state index in [-0.39, 0.29) is 0 Å².